The Morgan fingerprint density at radius 1 is 1.07 bits per heavy atom. The van der Waals surface area contributed by atoms with E-state index in [9.17, 15) is 9.90 Å². The smallest absolute Gasteiger partial charge is 0.167 e. The van der Waals surface area contributed by atoms with Crippen LogP contribution >= 0.6 is 11.6 Å². The molecule has 160 valence electrons. The summed E-state index contributed by atoms with van der Waals surface area (Å²) in [5, 5.41) is 12.6. The number of aliphatic hydroxyl groups is 1. The van der Waals surface area contributed by atoms with Crippen molar-refractivity contribution in [3.05, 3.63) is 58.1 Å². The van der Waals surface area contributed by atoms with Gasteiger partial charge in [-0.15, -0.1) is 0 Å². The maximum atomic E-state index is 13.5. The number of halogens is 1. The van der Waals surface area contributed by atoms with Crippen LogP contribution in [0.3, 0.4) is 0 Å². The third-order valence-electron chi connectivity index (χ3n) is 6.40. The Morgan fingerprint density at radius 2 is 1.70 bits per heavy atom. The summed E-state index contributed by atoms with van der Waals surface area (Å²) in [4.78, 5) is 15.8. The van der Waals surface area contributed by atoms with Crippen LogP contribution in [0.15, 0.2) is 36.4 Å². The summed E-state index contributed by atoms with van der Waals surface area (Å²) in [6.45, 7) is 2.66. The number of hydrogen-bond acceptors (Lipinski definition) is 5. The zero-order chi connectivity index (χ0) is 21.3. The predicted molar refractivity (Wildman–Crippen MR) is 117 cm³/mol. The number of Topliss-reactive ketones (excluding diaryl/α,β-unsaturated/α-hetero) is 1. The van der Waals surface area contributed by atoms with Crippen LogP contribution < -0.4 is 9.47 Å². The number of carbonyl (C=O) groups is 1. The number of nitrogens with zero attached hydrogens (tertiary/aromatic N) is 1. The van der Waals surface area contributed by atoms with E-state index in [1.165, 1.54) is 6.42 Å². The van der Waals surface area contributed by atoms with E-state index in [0.29, 0.717) is 40.6 Å². The van der Waals surface area contributed by atoms with Crippen molar-refractivity contribution in [3.63, 3.8) is 0 Å². The second-order valence-electron chi connectivity index (χ2n) is 8.25. The van der Waals surface area contributed by atoms with Crippen LogP contribution in [0.25, 0.3) is 0 Å². The summed E-state index contributed by atoms with van der Waals surface area (Å²) in [7, 11) is 3.10. The number of rotatable bonds is 5. The van der Waals surface area contributed by atoms with Gasteiger partial charge >= 0.3 is 0 Å². The molecule has 2 aliphatic rings. The number of fused-ring (bicyclic) bond motifs is 1. The lowest BCUT2D eigenvalue weighted by atomic mass is 9.69. The first kappa shape index (κ1) is 21.2. The molecule has 1 aliphatic carbocycles. The molecule has 2 atom stereocenters. The van der Waals surface area contributed by atoms with Gasteiger partial charge in [-0.2, -0.15) is 0 Å². The van der Waals surface area contributed by atoms with E-state index in [-0.39, 0.29) is 11.7 Å². The lowest BCUT2D eigenvalue weighted by molar-refractivity contribution is 0.0296. The van der Waals surface area contributed by atoms with Crippen molar-refractivity contribution in [3.8, 4) is 11.5 Å². The van der Waals surface area contributed by atoms with Crippen molar-refractivity contribution < 1.29 is 19.4 Å². The first-order valence-corrected chi connectivity index (χ1v) is 10.9. The summed E-state index contributed by atoms with van der Waals surface area (Å²) in [6, 6.07) is 10.6. The molecule has 0 amide bonds. The van der Waals surface area contributed by atoms with Gasteiger partial charge in [0.25, 0.3) is 0 Å². The van der Waals surface area contributed by atoms with E-state index in [1.807, 2.05) is 12.1 Å². The minimum absolute atomic E-state index is 0.0511. The second kappa shape index (κ2) is 8.58. The quantitative estimate of drug-likeness (QED) is 0.768. The summed E-state index contributed by atoms with van der Waals surface area (Å²) < 4.78 is 10.9. The maximum Gasteiger partial charge on any atom is 0.167 e. The van der Waals surface area contributed by atoms with Crippen molar-refractivity contribution in [2.45, 2.75) is 31.3 Å². The van der Waals surface area contributed by atoms with Crippen molar-refractivity contribution in [1.29, 1.82) is 0 Å². The Bertz CT molecular complexity index is 924. The highest BCUT2D eigenvalue weighted by molar-refractivity contribution is 6.30. The molecule has 0 bridgehead atoms. The molecule has 1 heterocycles. The highest BCUT2D eigenvalue weighted by Gasteiger charge is 2.45. The van der Waals surface area contributed by atoms with Gasteiger partial charge in [-0.1, -0.05) is 30.2 Å². The van der Waals surface area contributed by atoms with E-state index in [4.69, 9.17) is 21.1 Å². The monoisotopic (exact) mass is 429 g/mol. The Labute approximate surface area is 182 Å². The highest BCUT2D eigenvalue weighted by Crippen LogP contribution is 2.47. The molecule has 1 fully saturated rings. The largest absolute Gasteiger partial charge is 0.493 e. The van der Waals surface area contributed by atoms with Gasteiger partial charge in [0.05, 0.1) is 14.2 Å². The summed E-state index contributed by atoms with van der Waals surface area (Å²) in [5.41, 5.74) is 0.464. The van der Waals surface area contributed by atoms with Gasteiger partial charge in [0.1, 0.15) is 5.60 Å². The molecule has 6 heteroatoms. The van der Waals surface area contributed by atoms with Crippen LogP contribution in [0.5, 0.6) is 11.5 Å². The minimum atomic E-state index is -1.31. The predicted octanol–water partition coefficient (Wildman–Crippen LogP) is 4.28. The van der Waals surface area contributed by atoms with Crippen LogP contribution in [0.1, 0.15) is 47.2 Å². The molecule has 2 aromatic rings. The number of piperidine rings is 1. The minimum Gasteiger partial charge on any atom is -0.493 e. The van der Waals surface area contributed by atoms with Gasteiger partial charge in [-0.25, -0.2) is 0 Å². The molecular weight excluding hydrogens is 402 g/mol. The Balaban J connectivity index is 1.81. The zero-order valence-electron chi connectivity index (χ0n) is 17.5. The van der Waals surface area contributed by atoms with Gasteiger partial charge in [0, 0.05) is 28.6 Å². The lowest BCUT2D eigenvalue weighted by Crippen LogP contribution is -2.45. The summed E-state index contributed by atoms with van der Waals surface area (Å²) in [6.07, 6.45) is 3.88. The van der Waals surface area contributed by atoms with Crippen LogP contribution in [0.2, 0.25) is 5.02 Å². The van der Waals surface area contributed by atoms with Crippen molar-refractivity contribution in [2.75, 3.05) is 33.9 Å². The molecule has 0 saturated carbocycles. The molecule has 30 heavy (non-hydrogen) atoms. The molecule has 0 aromatic heterocycles. The van der Waals surface area contributed by atoms with Crippen molar-refractivity contribution in [2.24, 2.45) is 5.92 Å². The topological polar surface area (TPSA) is 59.0 Å². The van der Waals surface area contributed by atoms with Crippen LogP contribution in [0, 0.1) is 5.92 Å². The molecule has 0 spiro atoms. The van der Waals surface area contributed by atoms with Crippen LogP contribution in [0.4, 0.5) is 0 Å². The normalized spacial score (nSPS) is 24.4. The van der Waals surface area contributed by atoms with Crippen LogP contribution in [-0.2, 0) is 5.60 Å². The number of likely N-dealkylation sites (tertiary alicyclic amines) is 1. The number of methoxy groups -OCH3 is 2. The Kier molecular flexibility index (Phi) is 6.05. The van der Waals surface area contributed by atoms with E-state index >= 15 is 0 Å². The molecule has 0 radical (unpaired) electrons. The number of ether oxygens (including phenoxy) is 2. The Hall–Kier alpha value is -2.08. The summed E-state index contributed by atoms with van der Waals surface area (Å²) >= 11 is 6.09. The number of hydrogen-bond donors (Lipinski definition) is 1. The number of ketones is 1. The third kappa shape index (κ3) is 3.82. The molecular formula is C24H28ClNO4. The van der Waals surface area contributed by atoms with E-state index in [0.717, 1.165) is 31.5 Å². The number of carbonyl (C=O) groups excluding carboxylic acids is 1. The molecule has 1 N–H and O–H groups in total. The molecule has 2 aromatic carbocycles. The standard InChI is InChI=1S/C24H28ClNO4/c1-29-21-12-19-20(13-22(21)30-2)24(28,17-6-8-18(25)9-7-17)14-16(23(19)27)15-26-10-4-3-5-11-26/h6-9,12-13,16,28H,3-5,10-11,14-15H2,1-2H3. The molecule has 2 unspecified atom stereocenters. The third-order valence-corrected chi connectivity index (χ3v) is 6.65. The van der Waals surface area contributed by atoms with Gasteiger partial charge in [-0.05, 0) is 62.2 Å². The first-order chi connectivity index (χ1) is 14.5. The van der Waals surface area contributed by atoms with E-state index in [1.54, 1.807) is 38.5 Å². The number of benzene rings is 2. The average molecular weight is 430 g/mol. The molecule has 5 nitrogen and oxygen atoms in total. The fourth-order valence-electron chi connectivity index (χ4n) is 4.80. The molecule has 1 aliphatic heterocycles. The zero-order valence-corrected chi connectivity index (χ0v) is 18.2. The molecule has 4 rings (SSSR count). The van der Waals surface area contributed by atoms with Crippen molar-refractivity contribution >= 4 is 17.4 Å². The van der Waals surface area contributed by atoms with Crippen molar-refractivity contribution in [1.82, 2.24) is 4.90 Å². The van der Waals surface area contributed by atoms with Crippen LogP contribution in [-0.4, -0.2) is 49.6 Å². The van der Waals surface area contributed by atoms with Gasteiger partial charge in [-0.3, -0.25) is 4.79 Å². The van der Waals surface area contributed by atoms with Gasteiger partial charge < -0.3 is 19.5 Å². The second-order valence-corrected chi connectivity index (χ2v) is 8.68. The lowest BCUT2D eigenvalue weighted by Gasteiger charge is -2.40. The van der Waals surface area contributed by atoms with E-state index in [2.05, 4.69) is 4.90 Å². The van der Waals surface area contributed by atoms with E-state index < -0.39 is 5.60 Å². The summed E-state index contributed by atoms with van der Waals surface area (Å²) in [5.74, 6) is 0.733. The maximum absolute atomic E-state index is 13.5. The highest BCUT2D eigenvalue weighted by atomic mass is 35.5. The van der Waals surface area contributed by atoms with Gasteiger partial charge in [0.2, 0.25) is 0 Å². The fraction of sp³-hybridized carbons (Fsp3) is 0.458. The fourth-order valence-corrected chi connectivity index (χ4v) is 4.93. The first-order valence-electron chi connectivity index (χ1n) is 10.5. The SMILES string of the molecule is COc1cc2c(cc1OC)C(O)(c1ccc(Cl)cc1)CC(CN1CCCCC1)C2=O. The average Bonchev–Trinajstić information content (AvgIpc) is 2.77. The Morgan fingerprint density at radius 3 is 2.33 bits per heavy atom. The van der Waals surface area contributed by atoms with Gasteiger partial charge in [0.15, 0.2) is 17.3 Å². The molecule has 1 saturated heterocycles.